The molecule has 0 aromatic heterocycles. The molecule has 0 unspecified atom stereocenters. The molecular formula is C20H26N4O3. The van der Waals surface area contributed by atoms with Crippen molar-refractivity contribution in [3.8, 4) is 0 Å². The van der Waals surface area contributed by atoms with Crippen molar-refractivity contribution in [2.24, 2.45) is 10.2 Å². The molecule has 0 aliphatic carbocycles. The number of ether oxygens (including phenoxy) is 1. The molecule has 2 N–H and O–H groups in total. The molecule has 3 rings (SSSR count). The Morgan fingerprint density at radius 2 is 2.19 bits per heavy atom. The molecule has 1 aromatic rings. The zero-order valence-electron chi connectivity index (χ0n) is 15.8. The molecule has 1 aromatic carbocycles. The van der Waals surface area contributed by atoms with Crippen molar-refractivity contribution in [3.63, 3.8) is 0 Å². The average Bonchev–Trinajstić information content (AvgIpc) is 3.05. The topological polar surface area (TPSA) is 92.2 Å². The third kappa shape index (κ3) is 5.47. The van der Waals surface area contributed by atoms with E-state index in [1.54, 1.807) is 6.20 Å². The van der Waals surface area contributed by atoms with Gasteiger partial charge < -0.3 is 15.4 Å². The zero-order chi connectivity index (χ0) is 19.2. The Morgan fingerprint density at radius 1 is 1.33 bits per heavy atom. The van der Waals surface area contributed by atoms with Crippen molar-refractivity contribution in [2.45, 2.75) is 57.7 Å². The Kier molecular flexibility index (Phi) is 6.34. The molecule has 2 aliphatic rings. The second-order valence-electron chi connectivity index (χ2n) is 7.11. The Morgan fingerprint density at radius 3 is 2.93 bits per heavy atom. The Labute approximate surface area is 159 Å². The minimum Gasteiger partial charge on any atom is -0.373 e. The number of hydrogen-bond acceptors (Lipinski definition) is 5. The van der Waals surface area contributed by atoms with Crippen LogP contribution in [0.2, 0.25) is 0 Å². The number of carbonyl (C=O) groups excluding carboxylic acids is 2. The van der Waals surface area contributed by atoms with E-state index < -0.39 is 0 Å². The van der Waals surface area contributed by atoms with E-state index in [1.807, 2.05) is 31.2 Å². The molecule has 7 nitrogen and oxygen atoms in total. The third-order valence-corrected chi connectivity index (χ3v) is 4.87. The second kappa shape index (κ2) is 8.90. The Balaban J connectivity index is 1.55. The monoisotopic (exact) mass is 370 g/mol. The van der Waals surface area contributed by atoms with Crippen LogP contribution in [0.25, 0.3) is 0 Å². The maximum Gasteiger partial charge on any atom is 0.224 e. The minimum absolute atomic E-state index is 0.0171. The Hall–Kier alpha value is -2.54. The quantitative estimate of drug-likeness (QED) is 0.803. The first-order valence-electron chi connectivity index (χ1n) is 9.36. The lowest BCUT2D eigenvalue weighted by molar-refractivity contribution is -0.120. The number of carbonyl (C=O) groups is 2. The summed E-state index contributed by atoms with van der Waals surface area (Å²) in [5.74, 6) is -0.0590. The van der Waals surface area contributed by atoms with Crippen LogP contribution in [0.15, 0.2) is 46.3 Å². The van der Waals surface area contributed by atoms with Crippen molar-refractivity contribution < 1.29 is 14.3 Å². The van der Waals surface area contributed by atoms with E-state index in [9.17, 15) is 9.59 Å². The van der Waals surface area contributed by atoms with Crippen molar-refractivity contribution in [1.82, 2.24) is 5.32 Å². The fourth-order valence-corrected chi connectivity index (χ4v) is 3.42. The first-order valence-corrected chi connectivity index (χ1v) is 9.36. The molecule has 1 saturated heterocycles. The number of hydrogen-bond donors (Lipinski definition) is 2. The number of amides is 2. The third-order valence-electron chi connectivity index (χ3n) is 4.87. The van der Waals surface area contributed by atoms with Gasteiger partial charge in [0.1, 0.15) is 0 Å². The van der Waals surface area contributed by atoms with Gasteiger partial charge in [-0.05, 0) is 49.5 Å². The van der Waals surface area contributed by atoms with E-state index in [0.29, 0.717) is 19.4 Å². The van der Waals surface area contributed by atoms with E-state index in [-0.39, 0.29) is 30.0 Å². The number of anilines is 1. The molecule has 7 heteroatoms. The van der Waals surface area contributed by atoms with E-state index in [4.69, 9.17) is 4.74 Å². The summed E-state index contributed by atoms with van der Waals surface area (Å²) in [5.41, 5.74) is 2.85. The summed E-state index contributed by atoms with van der Waals surface area (Å²) in [5, 5.41) is 13.9. The van der Waals surface area contributed by atoms with Gasteiger partial charge in [-0.3, -0.25) is 9.59 Å². The maximum absolute atomic E-state index is 12.3. The maximum atomic E-state index is 12.3. The van der Waals surface area contributed by atoms with Gasteiger partial charge in [0.2, 0.25) is 11.8 Å². The largest absolute Gasteiger partial charge is 0.373 e. The number of nitrogens with zero attached hydrogens (tertiary/aromatic N) is 2. The molecular weight excluding hydrogens is 344 g/mol. The molecule has 27 heavy (non-hydrogen) atoms. The second-order valence-corrected chi connectivity index (χ2v) is 7.11. The van der Waals surface area contributed by atoms with Crippen LogP contribution in [0.3, 0.4) is 0 Å². The van der Waals surface area contributed by atoms with Crippen molar-refractivity contribution >= 4 is 17.5 Å². The predicted molar refractivity (Wildman–Crippen MR) is 102 cm³/mol. The summed E-state index contributed by atoms with van der Waals surface area (Å²) < 4.78 is 5.87. The fourth-order valence-electron chi connectivity index (χ4n) is 3.42. The molecule has 2 aliphatic heterocycles. The summed E-state index contributed by atoms with van der Waals surface area (Å²) in [6.45, 7) is 4.12. The van der Waals surface area contributed by atoms with Crippen LogP contribution in [0.4, 0.5) is 5.69 Å². The summed E-state index contributed by atoms with van der Waals surface area (Å²) >= 11 is 0. The fraction of sp³-hybridized carbons (Fsp3) is 0.500. The number of azo groups is 1. The van der Waals surface area contributed by atoms with Gasteiger partial charge in [-0.2, -0.15) is 10.2 Å². The van der Waals surface area contributed by atoms with Gasteiger partial charge in [0, 0.05) is 31.7 Å². The van der Waals surface area contributed by atoms with Crippen LogP contribution in [0.1, 0.15) is 51.2 Å². The normalized spacial score (nSPS) is 24.4. The van der Waals surface area contributed by atoms with Crippen LogP contribution in [0.5, 0.6) is 0 Å². The lowest BCUT2D eigenvalue weighted by atomic mass is 9.97. The Bertz CT molecular complexity index is 759. The van der Waals surface area contributed by atoms with Crippen molar-refractivity contribution in [2.75, 3.05) is 11.9 Å². The van der Waals surface area contributed by atoms with Gasteiger partial charge in [-0.1, -0.05) is 12.1 Å². The van der Waals surface area contributed by atoms with Gasteiger partial charge in [-0.15, -0.1) is 0 Å². The smallest absolute Gasteiger partial charge is 0.224 e. The van der Waals surface area contributed by atoms with E-state index in [2.05, 4.69) is 20.9 Å². The molecule has 144 valence electrons. The lowest BCUT2D eigenvalue weighted by Gasteiger charge is -2.30. The SMILES string of the molecule is CC(=O)N[C@H]1CCO[C@@H](c2cccc(NC(=O)CC[C@@H]3N=NC=C3C)c2)C1. The van der Waals surface area contributed by atoms with Crippen LogP contribution in [-0.2, 0) is 14.3 Å². The van der Waals surface area contributed by atoms with Gasteiger partial charge in [0.15, 0.2) is 0 Å². The average molecular weight is 370 g/mol. The van der Waals surface area contributed by atoms with Gasteiger partial charge in [-0.25, -0.2) is 0 Å². The highest BCUT2D eigenvalue weighted by atomic mass is 16.5. The van der Waals surface area contributed by atoms with Gasteiger partial charge in [0.05, 0.1) is 18.3 Å². The molecule has 0 saturated carbocycles. The van der Waals surface area contributed by atoms with Crippen molar-refractivity contribution in [1.29, 1.82) is 0 Å². The lowest BCUT2D eigenvalue weighted by Crippen LogP contribution is -2.38. The van der Waals surface area contributed by atoms with Gasteiger partial charge >= 0.3 is 0 Å². The van der Waals surface area contributed by atoms with Crippen LogP contribution in [0, 0.1) is 0 Å². The molecule has 3 atom stereocenters. The van der Waals surface area contributed by atoms with Crippen molar-refractivity contribution in [3.05, 3.63) is 41.6 Å². The number of rotatable bonds is 6. The van der Waals surface area contributed by atoms with Crippen LogP contribution >= 0.6 is 0 Å². The number of benzene rings is 1. The van der Waals surface area contributed by atoms with E-state index >= 15 is 0 Å². The molecule has 0 radical (unpaired) electrons. The highest BCUT2D eigenvalue weighted by Crippen LogP contribution is 2.29. The molecule has 2 heterocycles. The van der Waals surface area contributed by atoms with E-state index in [1.165, 1.54) is 6.92 Å². The van der Waals surface area contributed by atoms with Crippen LogP contribution in [-0.4, -0.2) is 30.5 Å². The highest BCUT2D eigenvalue weighted by molar-refractivity contribution is 5.90. The predicted octanol–water partition coefficient (Wildman–Crippen LogP) is 3.50. The number of nitrogens with one attached hydrogen (secondary N) is 2. The summed E-state index contributed by atoms with van der Waals surface area (Å²) in [7, 11) is 0. The molecule has 0 bridgehead atoms. The summed E-state index contributed by atoms with van der Waals surface area (Å²) in [4.78, 5) is 23.5. The highest BCUT2D eigenvalue weighted by Gasteiger charge is 2.24. The standard InChI is InChI=1S/C20H26N4O3/c1-13-12-21-24-18(13)6-7-20(26)23-16-5-3-4-15(10-16)19-11-17(8-9-27-19)22-14(2)25/h3-5,10,12,17-19H,6-9,11H2,1-2H3,(H,22,25)(H,23,26)/t17-,18-,19+/m0/s1. The molecule has 1 fully saturated rings. The first kappa shape index (κ1) is 19.2. The summed E-state index contributed by atoms with van der Waals surface area (Å²) in [6, 6.07) is 7.85. The minimum atomic E-state index is -0.0841. The van der Waals surface area contributed by atoms with Crippen LogP contribution < -0.4 is 10.6 Å². The van der Waals surface area contributed by atoms with E-state index in [0.717, 1.165) is 29.7 Å². The zero-order valence-corrected chi connectivity index (χ0v) is 15.8. The van der Waals surface area contributed by atoms with Gasteiger partial charge in [0.25, 0.3) is 0 Å². The first-order chi connectivity index (χ1) is 13.0. The molecule has 0 spiro atoms. The molecule has 2 amide bonds. The summed E-state index contributed by atoms with van der Waals surface area (Å²) in [6.07, 6.45) is 4.25.